The van der Waals surface area contributed by atoms with Crippen molar-refractivity contribution in [3.63, 3.8) is 0 Å². The molecule has 1 aromatic rings. The van der Waals surface area contributed by atoms with Crippen molar-refractivity contribution in [2.75, 3.05) is 13.1 Å². The number of likely N-dealkylation sites (tertiary alicyclic amines) is 1. The molecule has 0 radical (unpaired) electrons. The van der Waals surface area contributed by atoms with E-state index in [0.717, 1.165) is 6.42 Å². The van der Waals surface area contributed by atoms with E-state index in [0.29, 0.717) is 25.9 Å². The highest BCUT2D eigenvalue weighted by molar-refractivity contribution is 14.1. The molecule has 1 saturated heterocycles. The van der Waals surface area contributed by atoms with Gasteiger partial charge in [0.25, 0.3) is 0 Å². The molecule has 0 saturated carbocycles. The minimum atomic E-state index is -0.485. The highest BCUT2D eigenvalue weighted by Gasteiger charge is 2.37. The predicted molar refractivity (Wildman–Crippen MR) is 98.0 cm³/mol. The summed E-state index contributed by atoms with van der Waals surface area (Å²) in [6, 6.07) is 10.7. The molecule has 0 atom stereocenters. The Labute approximate surface area is 151 Å². The quantitative estimate of drug-likeness (QED) is 0.660. The second kappa shape index (κ2) is 7.08. The van der Waals surface area contributed by atoms with E-state index in [9.17, 15) is 10.1 Å². The number of ether oxygens (including phenoxy) is 1. The minimum Gasteiger partial charge on any atom is -0.444 e. The summed E-state index contributed by atoms with van der Waals surface area (Å²) >= 11 is 2.31. The molecule has 0 unspecified atom stereocenters. The van der Waals surface area contributed by atoms with E-state index in [1.54, 1.807) is 4.90 Å². The number of rotatable bonds is 2. The summed E-state index contributed by atoms with van der Waals surface area (Å²) in [5.41, 5.74) is 0.334. The molecule has 0 aromatic heterocycles. The maximum atomic E-state index is 12.1. The van der Waals surface area contributed by atoms with Gasteiger partial charge in [0.1, 0.15) is 5.60 Å². The molecule has 1 fully saturated rings. The van der Waals surface area contributed by atoms with Crippen LogP contribution in [0.2, 0.25) is 0 Å². The predicted octanol–water partition coefficient (Wildman–Crippen LogP) is 4.37. The lowest BCUT2D eigenvalue weighted by molar-refractivity contribution is 0.0148. The van der Waals surface area contributed by atoms with Gasteiger partial charge in [-0.2, -0.15) is 5.26 Å². The molecule has 0 bridgehead atoms. The molecule has 124 valence electrons. The van der Waals surface area contributed by atoms with Crippen LogP contribution in [0.4, 0.5) is 4.79 Å². The van der Waals surface area contributed by atoms with Crippen molar-refractivity contribution >= 4 is 28.7 Å². The van der Waals surface area contributed by atoms with Gasteiger partial charge in [-0.25, -0.2) is 4.79 Å². The second-order valence-electron chi connectivity index (χ2n) is 7.13. The van der Waals surface area contributed by atoms with E-state index >= 15 is 0 Å². The SMILES string of the molecule is CC(C)(C)OC(=O)N1CCC(C#N)(Cc2ccccc2I)CC1. The van der Waals surface area contributed by atoms with Crippen LogP contribution in [-0.2, 0) is 11.2 Å². The molecule has 4 nitrogen and oxygen atoms in total. The van der Waals surface area contributed by atoms with E-state index in [1.807, 2.05) is 32.9 Å². The first-order valence-electron chi connectivity index (χ1n) is 7.87. The van der Waals surface area contributed by atoms with Gasteiger partial charge in [-0.3, -0.25) is 0 Å². The van der Waals surface area contributed by atoms with Gasteiger partial charge in [0.05, 0.1) is 11.5 Å². The van der Waals surface area contributed by atoms with Crippen LogP contribution in [0.25, 0.3) is 0 Å². The van der Waals surface area contributed by atoms with Gasteiger partial charge in [-0.1, -0.05) is 18.2 Å². The van der Waals surface area contributed by atoms with Gasteiger partial charge in [0.15, 0.2) is 0 Å². The fourth-order valence-corrected chi connectivity index (χ4v) is 3.36. The van der Waals surface area contributed by atoms with Crippen molar-refractivity contribution in [2.45, 2.75) is 45.6 Å². The number of hydrogen-bond donors (Lipinski definition) is 0. The van der Waals surface area contributed by atoms with E-state index < -0.39 is 5.60 Å². The summed E-state index contributed by atoms with van der Waals surface area (Å²) in [6.45, 7) is 6.75. The lowest BCUT2D eigenvalue weighted by Crippen LogP contribution is -2.45. The van der Waals surface area contributed by atoms with Crippen molar-refractivity contribution in [3.05, 3.63) is 33.4 Å². The molecule has 23 heavy (non-hydrogen) atoms. The van der Waals surface area contributed by atoms with Crippen LogP contribution in [0.5, 0.6) is 0 Å². The Bertz CT molecular complexity index is 608. The Kier molecular flexibility index (Phi) is 5.56. The summed E-state index contributed by atoms with van der Waals surface area (Å²) in [5, 5.41) is 9.72. The average molecular weight is 426 g/mol. The average Bonchev–Trinajstić information content (AvgIpc) is 2.48. The fraction of sp³-hybridized carbons (Fsp3) is 0.556. The van der Waals surface area contributed by atoms with E-state index in [2.05, 4.69) is 40.8 Å². The molecule has 1 heterocycles. The van der Waals surface area contributed by atoms with Crippen LogP contribution in [0, 0.1) is 20.3 Å². The number of halogens is 1. The number of benzene rings is 1. The van der Waals surface area contributed by atoms with Gasteiger partial charge < -0.3 is 9.64 Å². The number of amides is 1. The first-order chi connectivity index (χ1) is 10.7. The Balaban J connectivity index is 2.02. The number of nitrogens with zero attached hydrogens (tertiary/aromatic N) is 2. The maximum Gasteiger partial charge on any atom is 0.410 e. The van der Waals surface area contributed by atoms with Gasteiger partial charge in [-0.15, -0.1) is 0 Å². The lowest BCUT2D eigenvalue weighted by atomic mass is 9.75. The third-order valence-electron chi connectivity index (χ3n) is 4.10. The van der Waals surface area contributed by atoms with Gasteiger partial charge in [-0.05, 0) is 74.3 Å². The highest BCUT2D eigenvalue weighted by atomic mass is 127. The number of carbonyl (C=O) groups is 1. The van der Waals surface area contributed by atoms with Gasteiger partial charge in [0, 0.05) is 16.7 Å². The molecule has 1 aliphatic rings. The molecule has 0 N–H and O–H groups in total. The van der Waals surface area contributed by atoms with Crippen LogP contribution in [0.3, 0.4) is 0 Å². The number of piperidine rings is 1. The molecule has 0 spiro atoms. The highest BCUT2D eigenvalue weighted by Crippen LogP contribution is 2.36. The Morgan fingerprint density at radius 2 is 1.96 bits per heavy atom. The Hall–Kier alpha value is -1.29. The van der Waals surface area contributed by atoms with Crippen LogP contribution in [0.1, 0.15) is 39.2 Å². The van der Waals surface area contributed by atoms with Crippen molar-refractivity contribution in [1.82, 2.24) is 4.90 Å². The molecular formula is C18H23IN2O2. The molecule has 1 aromatic carbocycles. The first kappa shape index (κ1) is 18.1. The zero-order valence-corrected chi connectivity index (χ0v) is 16.1. The number of carbonyl (C=O) groups excluding carboxylic acids is 1. The summed E-state index contributed by atoms with van der Waals surface area (Å²) in [6.07, 6.45) is 1.84. The molecule has 1 amide bonds. The molecule has 1 aliphatic heterocycles. The van der Waals surface area contributed by atoms with Crippen molar-refractivity contribution < 1.29 is 9.53 Å². The smallest absolute Gasteiger partial charge is 0.410 e. The van der Waals surface area contributed by atoms with Gasteiger partial charge >= 0.3 is 6.09 Å². The summed E-state index contributed by atoms with van der Waals surface area (Å²) in [4.78, 5) is 13.9. The van der Waals surface area contributed by atoms with Crippen LogP contribution >= 0.6 is 22.6 Å². The minimum absolute atomic E-state index is 0.279. The third kappa shape index (κ3) is 4.84. The maximum absolute atomic E-state index is 12.1. The summed E-state index contributed by atoms with van der Waals surface area (Å²) in [5.74, 6) is 0. The van der Waals surface area contributed by atoms with E-state index in [-0.39, 0.29) is 11.5 Å². The lowest BCUT2D eigenvalue weighted by Gasteiger charge is -2.38. The zero-order chi connectivity index (χ0) is 17.1. The zero-order valence-electron chi connectivity index (χ0n) is 13.9. The van der Waals surface area contributed by atoms with E-state index in [1.165, 1.54) is 9.13 Å². The Morgan fingerprint density at radius 3 is 2.48 bits per heavy atom. The normalized spacial score (nSPS) is 17.4. The standard InChI is InChI=1S/C18H23IN2O2/c1-17(2,3)23-16(22)21-10-8-18(13-20,9-11-21)12-14-6-4-5-7-15(14)19/h4-7H,8-12H2,1-3H3. The number of hydrogen-bond acceptors (Lipinski definition) is 3. The molecule has 0 aliphatic carbocycles. The van der Waals surface area contributed by atoms with Crippen molar-refractivity contribution in [2.24, 2.45) is 5.41 Å². The van der Waals surface area contributed by atoms with Crippen LogP contribution < -0.4 is 0 Å². The third-order valence-corrected chi connectivity index (χ3v) is 5.15. The molecule has 2 rings (SSSR count). The van der Waals surface area contributed by atoms with Crippen LogP contribution in [0.15, 0.2) is 24.3 Å². The first-order valence-corrected chi connectivity index (χ1v) is 8.95. The summed E-state index contributed by atoms with van der Waals surface area (Å²) < 4.78 is 6.61. The summed E-state index contributed by atoms with van der Waals surface area (Å²) in [7, 11) is 0. The van der Waals surface area contributed by atoms with Crippen molar-refractivity contribution in [3.8, 4) is 6.07 Å². The Morgan fingerprint density at radius 1 is 1.35 bits per heavy atom. The molecular weight excluding hydrogens is 403 g/mol. The molecule has 5 heteroatoms. The van der Waals surface area contributed by atoms with Crippen LogP contribution in [-0.4, -0.2) is 29.7 Å². The van der Waals surface area contributed by atoms with Gasteiger partial charge in [0.2, 0.25) is 0 Å². The van der Waals surface area contributed by atoms with E-state index in [4.69, 9.17) is 4.74 Å². The second-order valence-corrected chi connectivity index (χ2v) is 8.29. The topological polar surface area (TPSA) is 53.3 Å². The number of nitriles is 1. The fourth-order valence-electron chi connectivity index (χ4n) is 2.78. The van der Waals surface area contributed by atoms with Crippen molar-refractivity contribution in [1.29, 1.82) is 5.26 Å². The largest absolute Gasteiger partial charge is 0.444 e. The monoisotopic (exact) mass is 426 g/mol.